The van der Waals surface area contributed by atoms with E-state index in [9.17, 15) is 22.4 Å². The van der Waals surface area contributed by atoms with Gasteiger partial charge in [0.2, 0.25) is 5.91 Å². The van der Waals surface area contributed by atoms with Crippen molar-refractivity contribution in [1.29, 1.82) is 0 Å². The van der Waals surface area contributed by atoms with Crippen molar-refractivity contribution >= 4 is 27.5 Å². The van der Waals surface area contributed by atoms with Crippen molar-refractivity contribution in [3.63, 3.8) is 0 Å². The molecular weight excluding hydrogens is 437 g/mol. The minimum absolute atomic E-state index is 0.0228. The van der Waals surface area contributed by atoms with Gasteiger partial charge in [0.05, 0.1) is 35.3 Å². The molecule has 0 unspecified atom stereocenters. The zero-order valence-electron chi connectivity index (χ0n) is 17.8. The van der Waals surface area contributed by atoms with E-state index in [1.807, 2.05) is 4.90 Å². The number of aromatic nitrogens is 2. The summed E-state index contributed by atoms with van der Waals surface area (Å²) in [4.78, 5) is 28.7. The van der Waals surface area contributed by atoms with Gasteiger partial charge in [0.15, 0.2) is 9.84 Å². The lowest BCUT2D eigenvalue weighted by Gasteiger charge is -2.34. The topological polar surface area (TPSA) is 105 Å². The highest BCUT2D eigenvalue weighted by atomic mass is 32.2. The number of aryl methyl sites for hydroxylation is 1. The summed E-state index contributed by atoms with van der Waals surface area (Å²) >= 11 is 0. The Hall–Kier alpha value is -2.79. The number of halogens is 1. The number of nitrogens with zero attached hydrogens (tertiary/aromatic N) is 4. The van der Waals surface area contributed by atoms with E-state index in [-0.39, 0.29) is 41.5 Å². The Kier molecular flexibility index (Phi) is 6.29. The summed E-state index contributed by atoms with van der Waals surface area (Å²) in [7, 11) is -3.07. The predicted molar refractivity (Wildman–Crippen MR) is 117 cm³/mol. The van der Waals surface area contributed by atoms with Crippen LogP contribution in [-0.4, -0.2) is 84.0 Å². The van der Waals surface area contributed by atoms with Crippen LogP contribution >= 0.6 is 0 Å². The highest BCUT2D eigenvalue weighted by molar-refractivity contribution is 7.91. The largest absolute Gasteiger partial charge is 0.336 e. The first-order valence-electron chi connectivity index (χ1n) is 10.5. The molecule has 2 aliphatic rings. The van der Waals surface area contributed by atoms with E-state index < -0.39 is 15.7 Å². The third-order valence-electron chi connectivity index (χ3n) is 5.81. The lowest BCUT2D eigenvalue weighted by Crippen LogP contribution is -2.50. The maximum absolute atomic E-state index is 13.9. The van der Waals surface area contributed by atoms with E-state index in [1.54, 1.807) is 34.7 Å². The minimum atomic E-state index is -3.07. The Morgan fingerprint density at radius 1 is 1.19 bits per heavy atom. The van der Waals surface area contributed by atoms with Crippen molar-refractivity contribution in [3.8, 4) is 0 Å². The number of carbonyl (C=O) groups is 2. The van der Waals surface area contributed by atoms with Crippen molar-refractivity contribution in [2.45, 2.75) is 19.4 Å². The standard InChI is InChI=1S/C21H26FN5O4S/c1-15-12-19(27(24-15)16-6-11-32(30,31)14-16)23-20(28)13-25-7-9-26(10-8-25)21(29)17-4-2-3-5-18(17)22/h2-5,12,16H,6-11,13-14H2,1H3,(H,23,28)/t16-/m0/s1. The molecule has 0 aliphatic carbocycles. The number of piperazine rings is 1. The fourth-order valence-corrected chi connectivity index (χ4v) is 5.85. The molecule has 32 heavy (non-hydrogen) atoms. The van der Waals surface area contributed by atoms with Crippen LogP contribution in [0.5, 0.6) is 0 Å². The Bertz CT molecular complexity index is 1120. The zero-order valence-corrected chi connectivity index (χ0v) is 18.6. The van der Waals surface area contributed by atoms with Crippen molar-refractivity contribution in [2.24, 2.45) is 0 Å². The summed E-state index contributed by atoms with van der Waals surface area (Å²) in [6.07, 6.45) is 0.477. The molecule has 1 N–H and O–H groups in total. The number of carbonyl (C=O) groups excluding carboxylic acids is 2. The average molecular weight is 464 g/mol. The third-order valence-corrected chi connectivity index (χ3v) is 7.56. The number of benzene rings is 1. The Morgan fingerprint density at radius 2 is 1.91 bits per heavy atom. The van der Waals surface area contributed by atoms with Crippen molar-refractivity contribution in [3.05, 3.63) is 47.4 Å². The summed E-state index contributed by atoms with van der Waals surface area (Å²) in [5.74, 6) is -0.488. The van der Waals surface area contributed by atoms with Crippen molar-refractivity contribution in [2.75, 3.05) is 49.5 Å². The number of hydrogen-bond donors (Lipinski definition) is 1. The number of amides is 2. The van der Waals surface area contributed by atoms with Gasteiger partial charge in [-0.05, 0) is 25.5 Å². The van der Waals surface area contributed by atoms with E-state index >= 15 is 0 Å². The van der Waals surface area contributed by atoms with E-state index in [2.05, 4.69) is 10.4 Å². The molecule has 11 heteroatoms. The molecule has 1 aromatic heterocycles. The summed E-state index contributed by atoms with van der Waals surface area (Å²) < 4.78 is 39.1. The Morgan fingerprint density at radius 3 is 2.56 bits per heavy atom. The smallest absolute Gasteiger partial charge is 0.256 e. The maximum atomic E-state index is 13.9. The normalized spacial score (nSPS) is 20.9. The summed E-state index contributed by atoms with van der Waals surface area (Å²) in [6.45, 7) is 3.71. The monoisotopic (exact) mass is 463 g/mol. The second-order valence-electron chi connectivity index (χ2n) is 8.27. The van der Waals surface area contributed by atoms with Gasteiger partial charge in [-0.1, -0.05) is 12.1 Å². The van der Waals surface area contributed by atoms with Crippen LogP contribution in [0.3, 0.4) is 0 Å². The number of rotatable bonds is 5. The van der Waals surface area contributed by atoms with Crippen LogP contribution in [0.2, 0.25) is 0 Å². The molecule has 2 saturated heterocycles. The molecule has 1 atom stereocenters. The number of anilines is 1. The molecule has 2 aromatic rings. The van der Waals surface area contributed by atoms with Crippen molar-refractivity contribution in [1.82, 2.24) is 19.6 Å². The lowest BCUT2D eigenvalue weighted by molar-refractivity contribution is -0.117. The van der Waals surface area contributed by atoms with Crippen LogP contribution in [0.25, 0.3) is 0 Å². The first-order valence-corrected chi connectivity index (χ1v) is 12.4. The second kappa shape index (κ2) is 8.99. The van der Waals surface area contributed by atoms with Gasteiger partial charge in [0.1, 0.15) is 11.6 Å². The molecule has 0 saturated carbocycles. The van der Waals surface area contributed by atoms with Crippen LogP contribution in [0, 0.1) is 12.7 Å². The quantitative estimate of drug-likeness (QED) is 0.712. The van der Waals surface area contributed by atoms with Crippen molar-refractivity contribution < 1.29 is 22.4 Å². The zero-order chi connectivity index (χ0) is 22.9. The Balaban J connectivity index is 1.32. The molecule has 3 heterocycles. The molecule has 2 aliphatic heterocycles. The molecule has 0 bridgehead atoms. The molecule has 4 rings (SSSR count). The second-order valence-corrected chi connectivity index (χ2v) is 10.5. The van der Waals surface area contributed by atoms with Crippen LogP contribution in [0.1, 0.15) is 28.5 Å². The first-order chi connectivity index (χ1) is 15.2. The molecule has 172 valence electrons. The fraction of sp³-hybridized carbons (Fsp3) is 0.476. The fourth-order valence-electron chi connectivity index (χ4n) is 4.16. The minimum Gasteiger partial charge on any atom is -0.336 e. The molecule has 2 fully saturated rings. The molecule has 2 amide bonds. The van der Waals surface area contributed by atoms with E-state index in [0.717, 1.165) is 0 Å². The highest BCUT2D eigenvalue weighted by Crippen LogP contribution is 2.27. The van der Waals surface area contributed by atoms with E-state index in [4.69, 9.17) is 0 Å². The Labute approximate surface area is 186 Å². The van der Waals surface area contributed by atoms with Gasteiger partial charge >= 0.3 is 0 Å². The number of sulfone groups is 1. The molecular formula is C21H26FN5O4S. The predicted octanol–water partition coefficient (Wildman–Crippen LogP) is 1.09. The number of hydrogen-bond acceptors (Lipinski definition) is 6. The summed E-state index contributed by atoms with van der Waals surface area (Å²) in [6, 6.07) is 7.36. The van der Waals surface area contributed by atoms with Crippen LogP contribution < -0.4 is 5.32 Å². The van der Waals surface area contributed by atoms with E-state index in [0.29, 0.717) is 44.1 Å². The van der Waals surface area contributed by atoms with Gasteiger partial charge in [-0.25, -0.2) is 17.5 Å². The maximum Gasteiger partial charge on any atom is 0.256 e. The van der Waals surface area contributed by atoms with Gasteiger partial charge in [0, 0.05) is 32.2 Å². The molecule has 9 nitrogen and oxygen atoms in total. The first kappa shape index (κ1) is 22.4. The number of nitrogens with one attached hydrogen (secondary N) is 1. The SMILES string of the molecule is Cc1cc(NC(=O)CN2CCN(C(=O)c3ccccc3F)CC2)n([C@H]2CCS(=O)(=O)C2)n1. The van der Waals surface area contributed by atoms with Gasteiger partial charge in [-0.2, -0.15) is 5.10 Å². The molecule has 0 radical (unpaired) electrons. The van der Waals surface area contributed by atoms with E-state index in [1.165, 1.54) is 12.1 Å². The highest BCUT2D eigenvalue weighted by Gasteiger charge is 2.31. The van der Waals surface area contributed by atoms with Gasteiger partial charge in [-0.15, -0.1) is 0 Å². The average Bonchev–Trinajstić information content (AvgIpc) is 3.29. The van der Waals surface area contributed by atoms with Crippen LogP contribution in [-0.2, 0) is 14.6 Å². The van der Waals surface area contributed by atoms with Crippen LogP contribution in [0.15, 0.2) is 30.3 Å². The summed E-state index contributed by atoms with van der Waals surface area (Å²) in [5.41, 5.74) is 0.751. The summed E-state index contributed by atoms with van der Waals surface area (Å²) in [5, 5.41) is 7.22. The van der Waals surface area contributed by atoms with Crippen LogP contribution in [0.4, 0.5) is 10.2 Å². The van der Waals surface area contributed by atoms with Gasteiger partial charge < -0.3 is 10.2 Å². The molecule has 0 spiro atoms. The van der Waals surface area contributed by atoms with Gasteiger partial charge in [0.25, 0.3) is 5.91 Å². The van der Waals surface area contributed by atoms with Gasteiger partial charge in [-0.3, -0.25) is 14.5 Å². The third kappa shape index (κ3) is 4.99. The lowest BCUT2D eigenvalue weighted by atomic mass is 10.1. The molecule has 1 aromatic carbocycles.